The molecule has 0 fully saturated rings. The zero-order valence-corrected chi connectivity index (χ0v) is 9.30. The molecule has 0 aliphatic rings. The van der Waals surface area contributed by atoms with E-state index in [-0.39, 0.29) is 11.5 Å². The van der Waals surface area contributed by atoms with Gasteiger partial charge in [0.1, 0.15) is 0 Å². The number of carbonyl (C=O) groups is 1. The van der Waals surface area contributed by atoms with E-state index in [0.29, 0.717) is 35.3 Å². The van der Waals surface area contributed by atoms with Crippen molar-refractivity contribution in [3.05, 3.63) is 34.2 Å². The second-order valence-electron chi connectivity index (χ2n) is 3.56. The Labute approximate surface area is 96.6 Å². The van der Waals surface area contributed by atoms with Crippen molar-refractivity contribution in [2.45, 2.75) is 12.8 Å². The molecule has 0 bridgehead atoms. The zero-order valence-electron chi connectivity index (χ0n) is 8.55. The van der Waals surface area contributed by atoms with Gasteiger partial charge in [0.2, 0.25) is 0 Å². The van der Waals surface area contributed by atoms with Crippen molar-refractivity contribution in [2.75, 3.05) is 5.88 Å². The van der Waals surface area contributed by atoms with Crippen molar-refractivity contribution in [2.24, 2.45) is 0 Å². The largest absolute Gasteiger partial charge is 0.323 e. The summed E-state index contributed by atoms with van der Waals surface area (Å²) in [5.41, 5.74) is 1.70. The molecule has 0 aliphatic carbocycles. The maximum atomic E-state index is 11.7. The fourth-order valence-electron chi connectivity index (χ4n) is 1.58. The summed E-state index contributed by atoms with van der Waals surface area (Å²) in [6, 6.07) is 5.12. The average molecular weight is 239 g/mol. The van der Waals surface area contributed by atoms with E-state index in [4.69, 9.17) is 11.6 Å². The lowest BCUT2D eigenvalue weighted by molar-refractivity contribution is 0.0982. The van der Waals surface area contributed by atoms with Crippen molar-refractivity contribution in [3.63, 3.8) is 0 Å². The van der Waals surface area contributed by atoms with Gasteiger partial charge in [-0.15, -0.1) is 11.6 Å². The van der Waals surface area contributed by atoms with Crippen LogP contribution in [0.5, 0.6) is 0 Å². The summed E-state index contributed by atoms with van der Waals surface area (Å²) in [6.07, 6.45) is 1.10. The number of alkyl halides is 1. The molecule has 2 N–H and O–H groups in total. The van der Waals surface area contributed by atoms with Gasteiger partial charge in [0.05, 0.1) is 11.0 Å². The number of aromatic amines is 2. The Hall–Kier alpha value is -1.55. The molecule has 0 unspecified atom stereocenters. The summed E-state index contributed by atoms with van der Waals surface area (Å²) in [6.45, 7) is 0. The minimum absolute atomic E-state index is 0.0459. The van der Waals surface area contributed by atoms with Crippen LogP contribution in [0.2, 0.25) is 0 Å². The normalized spacial score (nSPS) is 10.8. The molecule has 1 aromatic heterocycles. The summed E-state index contributed by atoms with van der Waals surface area (Å²) < 4.78 is 0. The van der Waals surface area contributed by atoms with E-state index in [9.17, 15) is 9.59 Å². The van der Waals surface area contributed by atoms with Crippen LogP contribution in [0, 0.1) is 0 Å². The van der Waals surface area contributed by atoms with Gasteiger partial charge in [-0.3, -0.25) is 4.79 Å². The fraction of sp³-hybridized carbons (Fsp3) is 0.273. The number of ketones is 1. The Balaban J connectivity index is 2.31. The van der Waals surface area contributed by atoms with Crippen molar-refractivity contribution in [3.8, 4) is 0 Å². The second-order valence-corrected chi connectivity index (χ2v) is 3.93. The van der Waals surface area contributed by atoms with Gasteiger partial charge in [-0.1, -0.05) is 0 Å². The molecule has 2 rings (SSSR count). The van der Waals surface area contributed by atoms with Crippen LogP contribution in [0.25, 0.3) is 11.0 Å². The fourth-order valence-corrected chi connectivity index (χ4v) is 1.71. The van der Waals surface area contributed by atoms with Crippen molar-refractivity contribution in [1.29, 1.82) is 0 Å². The monoisotopic (exact) mass is 238 g/mol. The van der Waals surface area contributed by atoms with E-state index in [1.807, 2.05) is 0 Å². The third kappa shape index (κ3) is 2.17. The van der Waals surface area contributed by atoms with Crippen LogP contribution in [0.3, 0.4) is 0 Å². The van der Waals surface area contributed by atoms with Crippen LogP contribution in [0.1, 0.15) is 23.2 Å². The first-order valence-corrected chi connectivity index (χ1v) is 5.55. The molecule has 2 aromatic rings. The number of aromatic nitrogens is 2. The van der Waals surface area contributed by atoms with Crippen LogP contribution in [-0.4, -0.2) is 21.6 Å². The molecule has 0 saturated carbocycles. The number of rotatable bonds is 4. The first-order valence-electron chi connectivity index (χ1n) is 5.02. The van der Waals surface area contributed by atoms with E-state index in [1.54, 1.807) is 18.2 Å². The SMILES string of the molecule is O=C(CCCCl)c1ccc2[nH]c(=O)[nH]c2c1. The Morgan fingerprint density at radius 2 is 2.00 bits per heavy atom. The van der Waals surface area contributed by atoms with Gasteiger partial charge >= 0.3 is 5.69 Å². The predicted octanol–water partition coefficient (Wildman–Crippen LogP) is 2.06. The molecule has 0 radical (unpaired) electrons. The predicted molar refractivity (Wildman–Crippen MR) is 63.2 cm³/mol. The number of Topliss-reactive ketones (excluding diaryl/α,β-unsaturated/α-hetero) is 1. The molecule has 0 atom stereocenters. The maximum absolute atomic E-state index is 11.7. The number of carbonyl (C=O) groups excluding carboxylic acids is 1. The first kappa shape index (κ1) is 11.0. The highest BCUT2D eigenvalue weighted by Gasteiger charge is 2.07. The van der Waals surface area contributed by atoms with Crippen LogP contribution in [-0.2, 0) is 0 Å². The van der Waals surface area contributed by atoms with Gasteiger partial charge in [0.25, 0.3) is 0 Å². The third-order valence-corrected chi connectivity index (χ3v) is 2.64. The van der Waals surface area contributed by atoms with Gasteiger partial charge in [0, 0.05) is 17.9 Å². The molecule has 0 amide bonds. The van der Waals surface area contributed by atoms with E-state index in [1.165, 1.54) is 0 Å². The van der Waals surface area contributed by atoms with Gasteiger partial charge in [-0.25, -0.2) is 4.79 Å². The Bertz CT molecular complexity index is 571. The van der Waals surface area contributed by atoms with Crippen LogP contribution >= 0.6 is 11.6 Å². The Kier molecular flexibility index (Phi) is 3.10. The standard InChI is InChI=1S/C11H11ClN2O2/c12-5-1-2-10(15)7-3-4-8-9(6-7)14-11(16)13-8/h3-4,6H,1-2,5H2,(H2,13,14,16). The lowest BCUT2D eigenvalue weighted by Crippen LogP contribution is -1.99. The quantitative estimate of drug-likeness (QED) is 0.633. The minimum Gasteiger partial charge on any atom is -0.306 e. The first-order chi connectivity index (χ1) is 7.70. The second kappa shape index (κ2) is 4.53. The summed E-state index contributed by atoms with van der Waals surface area (Å²) in [5.74, 6) is 0.527. The number of benzene rings is 1. The summed E-state index contributed by atoms with van der Waals surface area (Å²) in [5, 5.41) is 0. The molecule has 0 spiro atoms. The molecule has 0 aliphatic heterocycles. The van der Waals surface area contributed by atoms with Gasteiger partial charge in [0.15, 0.2) is 5.78 Å². The van der Waals surface area contributed by atoms with Crippen molar-refractivity contribution < 1.29 is 4.79 Å². The molecular weight excluding hydrogens is 228 g/mol. The Morgan fingerprint density at radius 1 is 1.25 bits per heavy atom. The zero-order chi connectivity index (χ0) is 11.5. The number of hydrogen-bond donors (Lipinski definition) is 2. The summed E-state index contributed by atoms with van der Waals surface area (Å²) in [4.78, 5) is 28.0. The summed E-state index contributed by atoms with van der Waals surface area (Å²) in [7, 11) is 0. The van der Waals surface area contributed by atoms with E-state index in [0.717, 1.165) is 0 Å². The molecular formula is C11H11ClN2O2. The number of nitrogens with one attached hydrogen (secondary N) is 2. The lowest BCUT2D eigenvalue weighted by Gasteiger charge is -1.99. The van der Waals surface area contributed by atoms with Gasteiger partial charge in [-0.05, 0) is 24.6 Å². The smallest absolute Gasteiger partial charge is 0.306 e. The molecule has 1 aromatic carbocycles. The number of imidazole rings is 1. The van der Waals surface area contributed by atoms with Crippen LogP contribution in [0.15, 0.2) is 23.0 Å². The van der Waals surface area contributed by atoms with E-state index >= 15 is 0 Å². The van der Waals surface area contributed by atoms with Crippen LogP contribution < -0.4 is 5.69 Å². The Morgan fingerprint density at radius 3 is 2.75 bits per heavy atom. The molecule has 84 valence electrons. The molecule has 5 heteroatoms. The van der Waals surface area contributed by atoms with Crippen LogP contribution in [0.4, 0.5) is 0 Å². The topological polar surface area (TPSA) is 65.7 Å². The number of fused-ring (bicyclic) bond motifs is 1. The third-order valence-electron chi connectivity index (χ3n) is 2.38. The van der Waals surface area contributed by atoms with Crippen molar-refractivity contribution in [1.82, 2.24) is 9.97 Å². The minimum atomic E-state index is -0.264. The van der Waals surface area contributed by atoms with Gasteiger partial charge in [-0.2, -0.15) is 0 Å². The van der Waals surface area contributed by atoms with Crippen molar-refractivity contribution >= 4 is 28.4 Å². The molecule has 16 heavy (non-hydrogen) atoms. The lowest BCUT2D eigenvalue weighted by atomic mass is 10.1. The number of halogens is 1. The number of H-pyrrole nitrogens is 2. The molecule has 0 saturated heterocycles. The average Bonchev–Trinajstić information content (AvgIpc) is 2.64. The number of hydrogen-bond acceptors (Lipinski definition) is 2. The highest BCUT2D eigenvalue weighted by Crippen LogP contribution is 2.12. The van der Waals surface area contributed by atoms with E-state index in [2.05, 4.69) is 9.97 Å². The highest BCUT2D eigenvalue weighted by molar-refractivity contribution is 6.18. The van der Waals surface area contributed by atoms with E-state index < -0.39 is 0 Å². The maximum Gasteiger partial charge on any atom is 0.323 e. The molecule has 4 nitrogen and oxygen atoms in total. The van der Waals surface area contributed by atoms with Gasteiger partial charge < -0.3 is 9.97 Å². The highest BCUT2D eigenvalue weighted by atomic mass is 35.5. The summed E-state index contributed by atoms with van der Waals surface area (Å²) >= 11 is 5.53. The molecule has 1 heterocycles.